The van der Waals surface area contributed by atoms with E-state index in [0.717, 1.165) is 0 Å². The molecule has 1 aliphatic carbocycles. The Bertz CT molecular complexity index is 277. The van der Waals surface area contributed by atoms with Crippen LogP contribution in [0.15, 0.2) is 0 Å². The highest BCUT2D eigenvalue weighted by Gasteiger charge is 2.67. The average Bonchev–Trinajstić information content (AvgIpc) is 2.25. The van der Waals surface area contributed by atoms with Crippen LogP contribution in [0, 0.1) is 0 Å². The average molecular weight is 358 g/mol. The number of esters is 2. The first-order chi connectivity index (χ1) is 7.42. The van der Waals surface area contributed by atoms with Gasteiger partial charge in [0.1, 0.15) is 8.65 Å². The lowest BCUT2D eigenvalue weighted by molar-refractivity contribution is -0.159. The van der Waals surface area contributed by atoms with E-state index in [9.17, 15) is 9.59 Å². The van der Waals surface area contributed by atoms with E-state index in [1.54, 1.807) is 13.8 Å². The Morgan fingerprint density at radius 3 is 1.50 bits per heavy atom. The molecule has 0 N–H and O–H groups in total. The van der Waals surface area contributed by atoms with E-state index in [0.29, 0.717) is 12.8 Å². The second-order valence-electron chi connectivity index (χ2n) is 3.54. The summed E-state index contributed by atoms with van der Waals surface area (Å²) >= 11 is 6.61. The molecule has 4 nitrogen and oxygen atoms in total. The standard InChI is InChI=1S/C10H14Br2O4/c1-3-15-7(13)9(11)5-6-10(9,12)8(14)16-4-2/h3-6H2,1-2H3/t9-,10-/m1/s1. The third-order valence-corrected chi connectivity index (χ3v) is 5.97. The van der Waals surface area contributed by atoms with Crippen molar-refractivity contribution < 1.29 is 19.1 Å². The maximum atomic E-state index is 11.8. The number of hydrogen-bond acceptors (Lipinski definition) is 4. The van der Waals surface area contributed by atoms with Gasteiger partial charge in [-0.25, -0.2) is 0 Å². The second-order valence-corrected chi connectivity index (χ2v) is 6.25. The zero-order valence-corrected chi connectivity index (χ0v) is 12.4. The van der Waals surface area contributed by atoms with Gasteiger partial charge in [0.25, 0.3) is 0 Å². The molecule has 1 aliphatic rings. The van der Waals surface area contributed by atoms with Crippen LogP contribution in [-0.2, 0) is 19.1 Å². The van der Waals surface area contributed by atoms with Crippen LogP contribution in [0.3, 0.4) is 0 Å². The van der Waals surface area contributed by atoms with E-state index in [-0.39, 0.29) is 13.2 Å². The van der Waals surface area contributed by atoms with Crippen LogP contribution < -0.4 is 0 Å². The van der Waals surface area contributed by atoms with E-state index >= 15 is 0 Å². The number of carbonyl (C=O) groups is 2. The van der Waals surface area contributed by atoms with Crippen LogP contribution in [0.5, 0.6) is 0 Å². The molecule has 0 spiro atoms. The lowest BCUT2D eigenvalue weighted by Crippen LogP contribution is -2.64. The molecule has 0 aromatic heterocycles. The van der Waals surface area contributed by atoms with E-state index in [2.05, 4.69) is 31.9 Å². The van der Waals surface area contributed by atoms with Gasteiger partial charge < -0.3 is 9.47 Å². The molecule has 0 bridgehead atoms. The second kappa shape index (κ2) is 5.04. The van der Waals surface area contributed by atoms with E-state index in [1.165, 1.54) is 0 Å². The Hall–Kier alpha value is -0.100. The molecule has 0 aliphatic heterocycles. The summed E-state index contributed by atoms with van der Waals surface area (Å²) < 4.78 is 7.90. The zero-order chi connectivity index (χ0) is 12.4. The van der Waals surface area contributed by atoms with E-state index in [4.69, 9.17) is 9.47 Å². The summed E-state index contributed by atoms with van der Waals surface area (Å²) in [6.07, 6.45) is 1.10. The minimum Gasteiger partial charge on any atom is -0.465 e. The van der Waals surface area contributed by atoms with Crippen molar-refractivity contribution in [2.45, 2.75) is 35.3 Å². The van der Waals surface area contributed by atoms with Crippen LogP contribution in [0.4, 0.5) is 0 Å². The maximum Gasteiger partial charge on any atom is 0.324 e. The highest BCUT2D eigenvalue weighted by molar-refractivity contribution is 9.13. The lowest BCUT2D eigenvalue weighted by atomic mass is 9.73. The van der Waals surface area contributed by atoms with Crippen molar-refractivity contribution in [3.63, 3.8) is 0 Å². The molecule has 1 rings (SSSR count). The van der Waals surface area contributed by atoms with Crippen molar-refractivity contribution >= 4 is 43.8 Å². The molecule has 0 amide bonds. The molecular formula is C10H14Br2O4. The van der Waals surface area contributed by atoms with Crippen molar-refractivity contribution in [2.24, 2.45) is 0 Å². The number of hydrogen-bond donors (Lipinski definition) is 0. The summed E-state index contributed by atoms with van der Waals surface area (Å²) in [5, 5.41) is 0. The highest BCUT2D eigenvalue weighted by atomic mass is 79.9. The van der Waals surface area contributed by atoms with Gasteiger partial charge in [-0.3, -0.25) is 9.59 Å². The van der Waals surface area contributed by atoms with Gasteiger partial charge in [-0.05, 0) is 26.7 Å². The molecule has 0 unspecified atom stereocenters. The lowest BCUT2D eigenvalue weighted by Gasteiger charge is -2.47. The number of halogens is 2. The zero-order valence-electron chi connectivity index (χ0n) is 9.22. The summed E-state index contributed by atoms with van der Waals surface area (Å²) in [6.45, 7) is 4.04. The van der Waals surface area contributed by atoms with Gasteiger partial charge in [-0.2, -0.15) is 0 Å². The fourth-order valence-corrected chi connectivity index (χ4v) is 2.93. The van der Waals surface area contributed by atoms with Crippen molar-refractivity contribution in [1.29, 1.82) is 0 Å². The summed E-state index contributed by atoms with van der Waals surface area (Å²) in [5.74, 6) is -0.850. The largest absolute Gasteiger partial charge is 0.465 e. The van der Waals surface area contributed by atoms with Gasteiger partial charge >= 0.3 is 11.9 Å². The smallest absolute Gasteiger partial charge is 0.324 e. The monoisotopic (exact) mass is 356 g/mol. The molecule has 0 saturated heterocycles. The Kier molecular flexibility index (Phi) is 4.40. The summed E-state index contributed by atoms with van der Waals surface area (Å²) in [6, 6.07) is 0. The molecule has 1 fully saturated rings. The van der Waals surface area contributed by atoms with Crippen LogP contribution in [0.25, 0.3) is 0 Å². The van der Waals surface area contributed by atoms with Gasteiger partial charge in [0.2, 0.25) is 0 Å². The van der Waals surface area contributed by atoms with Crippen LogP contribution in [-0.4, -0.2) is 33.8 Å². The van der Waals surface area contributed by atoms with Crippen LogP contribution in [0.1, 0.15) is 26.7 Å². The minimum atomic E-state index is -0.998. The summed E-state index contributed by atoms with van der Waals surface area (Å²) in [4.78, 5) is 23.5. The van der Waals surface area contributed by atoms with Gasteiger partial charge in [0.15, 0.2) is 0 Å². The molecule has 0 aromatic rings. The first kappa shape index (κ1) is 14.0. The number of carbonyl (C=O) groups excluding carboxylic acids is 2. The Labute approximate surface area is 111 Å². The SMILES string of the molecule is CCOC(=O)[C@]1(Br)CC[C@@]1(Br)C(=O)OCC. The molecule has 0 radical (unpaired) electrons. The molecule has 92 valence electrons. The van der Waals surface area contributed by atoms with Gasteiger partial charge in [-0.15, -0.1) is 0 Å². The maximum absolute atomic E-state index is 11.8. The first-order valence-electron chi connectivity index (χ1n) is 5.14. The Balaban J connectivity index is 2.82. The van der Waals surface area contributed by atoms with E-state index in [1.807, 2.05) is 0 Å². The Morgan fingerprint density at radius 2 is 1.31 bits per heavy atom. The van der Waals surface area contributed by atoms with Gasteiger partial charge in [0, 0.05) is 0 Å². The third kappa shape index (κ3) is 2.01. The fourth-order valence-electron chi connectivity index (χ4n) is 1.58. The summed E-state index contributed by atoms with van der Waals surface area (Å²) in [7, 11) is 0. The molecular weight excluding hydrogens is 344 g/mol. The topological polar surface area (TPSA) is 52.6 Å². The fraction of sp³-hybridized carbons (Fsp3) is 0.800. The molecule has 2 atom stereocenters. The minimum absolute atomic E-state index is 0.290. The summed E-state index contributed by atoms with van der Waals surface area (Å²) in [5.41, 5.74) is 0. The molecule has 16 heavy (non-hydrogen) atoms. The Morgan fingerprint density at radius 1 is 1.00 bits per heavy atom. The predicted molar refractivity (Wildman–Crippen MR) is 65.8 cm³/mol. The molecule has 6 heteroatoms. The number of alkyl halides is 2. The highest BCUT2D eigenvalue weighted by Crippen LogP contribution is 2.56. The van der Waals surface area contributed by atoms with Crippen LogP contribution in [0.2, 0.25) is 0 Å². The normalized spacial score (nSPS) is 32.8. The van der Waals surface area contributed by atoms with Crippen molar-refractivity contribution in [2.75, 3.05) is 13.2 Å². The third-order valence-electron chi connectivity index (χ3n) is 2.64. The number of ether oxygens (including phenoxy) is 2. The molecule has 1 saturated carbocycles. The quantitative estimate of drug-likeness (QED) is 0.571. The van der Waals surface area contributed by atoms with Gasteiger partial charge in [0.05, 0.1) is 13.2 Å². The molecule has 0 heterocycles. The van der Waals surface area contributed by atoms with Crippen LogP contribution >= 0.6 is 31.9 Å². The molecule has 0 aromatic carbocycles. The van der Waals surface area contributed by atoms with Crippen molar-refractivity contribution in [3.8, 4) is 0 Å². The van der Waals surface area contributed by atoms with Gasteiger partial charge in [-0.1, -0.05) is 31.9 Å². The first-order valence-corrected chi connectivity index (χ1v) is 6.73. The van der Waals surface area contributed by atoms with Crippen molar-refractivity contribution in [3.05, 3.63) is 0 Å². The van der Waals surface area contributed by atoms with E-state index < -0.39 is 20.6 Å². The number of rotatable bonds is 4. The van der Waals surface area contributed by atoms with Crippen molar-refractivity contribution in [1.82, 2.24) is 0 Å². The predicted octanol–water partition coefficient (Wildman–Crippen LogP) is 2.17.